The van der Waals surface area contributed by atoms with Gasteiger partial charge in [-0.05, 0) is 70.2 Å². The van der Waals surface area contributed by atoms with Gasteiger partial charge in [0.05, 0.1) is 0 Å². The van der Waals surface area contributed by atoms with Crippen LogP contribution in [0.3, 0.4) is 0 Å². The molecule has 0 bridgehead atoms. The van der Waals surface area contributed by atoms with Crippen molar-refractivity contribution in [2.45, 2.75) is 71.1 Å². The number of nitrogens with zero attached hydrogens (tertiary/aromatic N) is 2. The molecule has 2 aliphatic rings. The van der Waals surface area contributed by atoms with E-state index in [4.69, 9.17) is 16.3 Å². The van der Waals surface area contributed by atoms with Gasteiger partial charge in [-0.2, -0.15) is 0 Å². The molecule has 0 aromatic heterocycles. The normalized spacial score (nSPS) is 23.6. The molecule has 3 rings (SSSR count). The molecule has 0 aliphatic carbocycles. The number of hydrogen-bond donors (Lipinski definition) is 0. The van der Waals surface area contributed by atoms with Gasteiger partial charge in [0.15, 0.2) is 0 Å². The number of carbonyl (C=O) groups is 1. The summed E-state index contributed by atoms with van der Waals surface area (Å²) in [7, 11) is 0. The monoisotopic (exact) mass is 364 g/mol. The number of halogens is 1. The third kappa shape index (κ3) is 4.05. The third-order valence-electron chi connectivity index (χ3n) is 5.13. The predicted octanol–water partition coefficient (Wildman–Crippen LogP) is 4.88. The summed E-state index contributed by atoms with van der Waals surface area (Å²) in [6.45, 7) is 9.68. The lowest BCUT2D eigenvalue weighted by Crippen LogP contribution is -2.43. The summed E-state index contributed by atoms with van der Waals surface area (Å²) in [4.78, 5) is 17.0. The molecule has 0 spiro atoms. The van der Waals surface area contributed by atoms with Crippen LogP contribution in [0, 0.1) is 0 Å². The largest absolute Gasteiger partial charge is 0.444 e. The first-order valence-corrected chi connectivity index (χ1v) is 9.71. The number of hydrogen-bond acceptors (Lipinski definition) is 3. The van der Waals surface area contributed by atoms with Crippen molar-refractivity contribution in [2.24, 2.45) is 0 Å². The highest BCUT2D eigenvalue weighted by Gasteiger charge is 2.39. The van der Waals surface area contributed by atoms with Gasteiger partial charge in [0.25, 0.3) is 0 Å². The summed E-state index contributed by atoms with van der Waals surface area (Å²) in [5.41, 5.74) is 2.14. The van der Waals surface area contributed by atoms with Crippen molar-refractivity contribution in [2.75, 3.05) is 18.0 Å². The van der Waals surface area contributed by atoms with Gasteiger partial charge in [0.2, 0.25) is 0 Å². The summed E-state index contributed by atoms with van der Waals surface area (Å²) < 4.78 is 5.63. The first-order chi connectivity index (χ1) is 11.8. The van der Waals surface area contributed by atoms with Gasteiger partial charge in [-0.25, -0.2) is 4.79 Å². The molecule has 138 valence electrons. The fourth-order valence-corrected chi connectivity index (χ4v) is 4.22. The fraction of sp³-hybridized carbons (Fsp3) is 0.650. The average molecular weight is 365 g/mol. The second-order valence-corrected chi connectivity index (χ2v) is 8.59. The van der Waals surface area contributed by atoms with Gasteiger partial charge in [0.1, 0.15) is 5.60 Å². The van der Waals surface area contributed by atoms with Gasteiger partial charge in [-0.3, -0.25) is 0 Å². The molecule has 2 heterocycles. The summed E-state index contributed by atoms with van der Waals surface area (Å²) >= 11 is 6.17. The van der Waals surface area contributed by atoms with Crippen LogP contribution in [0.5, 0.6) is 0 Å². The van der Waals surface area contributed by atoms with E-state index in [0.717, 1.165) is 43.8 Å². The Bertz CT molecular complexity index is 641. The Morgan fingerprint density at radius 2 is 2.12 bits per heavy atom. The molecule has 1 saturated heterocycles. The number of amides is 1. The van der Waals surface area contributed by atoms with Gasteiger partial charge < -0.3 is 14.5 Å². The topological polar surface area (TPSA) is 32.8 Å². The number of carbonyl (C=O) groups excluding carboxylic acids is 1. The van der Waals surface area contributed by atoms with Gasteiger partial charge in [0, 0.05) is 35.9 Å². The van der Waals surface area contributed by atoms with Crippen molar-refractivity contribution in [3.05, 3.63) is 28.8 Å². The molecule has 0 saturated carbocycles. The second kappa shape index (κ2) is 7.06. The van der Waals surface area contributed by atoms with Crippen LogP contribution in [0.1, 0.15) is 52.5 Å². The molecule has 1 fully saturated rings. The highest BCUT2D eigenvalue weighted by atomic mass is 35.5. The zero-order valence-corrected chi connectivity index (χ0v) is 16.5. The number of likely N-dealkylation sites (tertiary alicyclic amines) is 1. The van der Waals surface area contributed by atoms with E-state index in [2.05, 4.69) is 24.0 Å². The fourth-order valence-electron chi connectivity index (χ4n) is 4.02. The number of benzene rings is 1. The Kier molecular flexibility index (Phi) is 5.19. The minimum Gasteiger partial charge on any atom is -0.444 e. The Balaban J connectivity index is 1.78. The summed E-state index contributed by atoms with van der Waals surface area (Å²) in [6, 6.07) is 6.78. The minimum absolute atomic E-state index is 0.185. The van der Waals surface area contributed by atoms with Crippen molar-refractivity contribution >= 4 is 23.4 Å². The maximum atomic E-state index is 12.6. The van der Waals surface area contributed by atoms with E-state index in [1.807, 2.05) is 31.7 Å². The predicted molar refractivity (Wildman–Crippen MR) is 103 cm³/mol. The van der Waals surface area contributed by atoms with Crippen molar-refractivity contribution in [1.29, 1.82) is 0 Å². The Labute approximate surface area is 156 Å². The lowest BCUT2D eigenvalue weighted by molar-refractivity contribution is 0.0222. The van der Waals surface area contributed by atoms with E-state index >= 15 is 0 Å². The molecule has 1 aromatic carbocycles. The van der Waals surface area contributed by atoms with Crippen LogP contribution in [0.4, 0.5) is 10.5 Å². The number of rotatable bonds is 2. The summed E-state index contributed by atoms with van der Waals surface area (Å²) in [6.07, 6.45) is 3.98. The van der Waals surface area contributed by atoms with Gasteiger partial charge >= 0.3 is 6.09 Å². The SMILES string of the molecule is CC[C@@H]1C[C@H](N2CCCc3cc(Cl)ccc32)CN1C(=O)OC(C)(C)C. The average Bonchev–Trinajstić information content (AvgIpc) is 2.96. The molecule has 0 unspecified atom stereocenters. The lowest BCUT2D eigenvalue weighted by Gasteiger charge is -2.36. The molecule has 25 heavy (non-hydrogen) atoms. The zero-order valence-electron chi connectivity index (χ0n) is 15.7. The van der Waals surface area contributed by atoms with Crippen molar-refractivity contribution in [3.8, 4) is 0 Å². The van der Waals surface area contributed by atoms with Crippen LogP contribution in [0.2, 0.25) is 5.02 Å². The third-order valence-corrected chi connectivity index (χ3v) is 5.36. The van der Waals surface area contributed by atoms with Crippen LogP contribution < -0.4 is 4.90 Å². The number of aryl methyl sites for hydroxylation is 1. The lowest BCUT2D eigenvalue weighted by atomic mass is 9.99. The molecule has 4 nitrogen and oxygen atoms in total. The molecule has 0 N–H and O–H groups in total. The van der Waals surface area contributed by atoms with Crippen molar-refractivity contribution in [1.82, 2.24) is 4.90 Å². The van der Waals surface area contributed by atoms with Crippen LogP contribution in [-0.4, -0.2) is 41.8 Å². The number of fused-ring (bicyclic) bond motifs is 1. The Morgan fingerprint density at radius 3 is 2.80 bits per heavy atom. The van der Waals surface area contributed by atoms with E-state index < -0.39 is 5.60 Å². The van der Waals surface area contributed by atoms with Crippen molar-refractivity contribution < 1.29 is 9.53 Å². The van der Waals surface area contributed by atoms with E-state index in [1.165, 1.54) is 11.3 Å². The van der Waals surface area contributed by atoms with E-state index in [9.17, 15) is 4.79 Å². The van der Waals surface area contributed by atoms with E-state index in [0.29, 0.717) is 6.04 Å². The molecule has 2 atom stereocenters. The highest BCUT2D eigenvalue weighted by Crippen LogP contribution is 2.35. The van der Waals surface area contributed by atoms with Crippen LogP contribution in [0.25, 0.3) is 0 Å². The van der Waals surface area contributed by atoms with Gasteiger partial charge in [-0.1, -0.05) is 18.5 Å². The Hall–Kier alpha value is -1.42. The number of ether oxygens (including phenoxy) is 1. The highest BCUT2D eigenvalue weighted by molar-refractivity contribution is 6.30. The minimum atomic E-state index is -0.456. The summed E-state index contributed by atoms with van der Waals surface area (Å²) in [5.74, 6) is 0. The molecular weight excluding hydrogens is 336 g/mol. The maximum Gasteiger partial charge on any atom is 0.410 e. The van der Waals surface area contributed by atoms with Crippen LogP contribution in [0.15, 0.2) is 18.2 Å². The Morgan fingerprint density at radius 1 is 1.36 bits per heavy atom. The van der Waals surface area contributed by atoms with Crippen molar-refractivity contribution in [3.63, 3.8) is 0 Å². The molecule has 1 aromatic rings. The standard InChI is InChI=1S/C20H29ClN2O2/c1-5-16-12-17(13-23(16)19(24)25-20(2,3)4)22-10-6-7-14-11-15(21)8-9-18(14)22/h8-9,11,16-17H,5-7,10,12-13H2,1-4H3/t16-,17+/m1/s1. The second-order valence-electron chi connectivity index (χ2n) is 8.15. The summed E-state index contributed by atoms with van der Waals surface area (Å²) in [5, 5.41) is 0.800. The van der Waals surface area contributed by atoms with Crippen LogP contribution >= 0.6 is 11.6 Å². The maximum absolute atomic E-state index is 12.6. The first kappa shape index (κ1) is 18.4. The zero-order chi connectivity index (χ0) is 18.2. The van der Waals surface area contributed by atoms with Gasteiger partial charge in [-0.15, -0.1) is 0 Å². The number of anilines is 1. The molecular formula is C20H29ClN2O2. The smallest absolute Gasteiger partial charge is 0.410 e. The quantitative estimate of drug-likeness (QED) is 0.749. The first-order valence-electron chi connectivity index (χ1n) is 9.33. The van der Waals surface area contributed by atoms with E-state index in [-0.39, 0.29) is 12.1 Å². The van der Waals surface area contributed by atoms with Crippen LogP contribution in [-0.2, 0) is 11.2 Å². The molecule has 1 amide bonds. The molecule has 5 heteroatoms. The van der Waals surface area contributed by atoms with E-state index in [1.54, 1.807) is 0 Å². The molecule has 2 aliphatic heterocycles. The molecule has 0 radical (unpaired) electrons.